The van der Waals surface area contributed by atoms with Gasteiger partial charge in [-0.25, -0.2) is 0 Å². The van der Waals surface area contributed by atoms with Crippen LogP contribution in [0.15, 0.2) is 0 Å². The molecule has 2 rings (SSSR count). The normalized spacial score (nSPS) is 36.6. The minimum Gasteiger partial charge on any atom is -0.382 e. The van der Waals surface area contributed by atoms with Crippen LogP contribution >= 0.6 is 0 Å². The predicted octanol–water partition coefficient (Wildman–Crippen LogP) is 2.66. The average molecular weight is 268 g/mol. The number of ether oxygens (including phenoxy) is 1. The molecule has 1 heterocycles. The maximum atomic E-state index is 5.50. The lowest BCUT2D eigenvalue weighted by molar-refractivity contribution is -0.00121. The Bertz CT molecular complexity index is 292. The minimum absolute atomic E-state index is 0.292. The third-order valence-electron chi connectivity index (χ3n) is 5.29. The van der Waals surface area contributed by atoms with Gasteiger partial charge >= 0.3 is 0 Å². The zero-order valence-electron chi connectivity index (χ0n) is 13.3. The van der Waals surface area contributed by atoms with Crippen LogP contribution in [0.1, 0.15) is 53.4 Å². The molecule has 2 atom stereocenters. The summed E-state index contributed by atoms with van der Waals surface area (Å²) >= 11 is 0. The maximum absolute atomic E-state index is 5.50. The SMILES string of the molecule is CCOCCCN1CC(C)(CC)NCC1(C)C1CC1. The van der Waals surface area contributed by atoms with E-state index in [1.54, 1.807) is 0 Å². The van der Waals surface area contributed by atoms with Gasteiger partial charge in [-0.2, -0.15) is 0 Å². The smallest absolute Gasteiger partial charge is 0.0478 e. The molecular formula is C16H32N2O. The van der Waals surface area contributed by atoms with E-state index in [9.17, 15) is 0 Å². The first-order valence-electron chi connectivity index (χ1n) is 8.12. The lowest BCUT2D eigenvalue weighted by Crippen LogP contribution is -2.69. The molecule has 2 fully saturated rings. The Hall–Kier alpha value is -0.120. The monoisotopic (exact) mass is 268 g/mol. The van der Waals surface area contributed by atoms with Gasteiger partial charge in [0.25, 0.3) is 0 Å². The van der Waals surface area contributed by atoms with Gasteiger partial charge in [-0.3, -0.25) is 4.90 Å². The summed E-state index contributed by atoms with van der Waals surface area (Å²) in [5.74, 6) is 0.911. The Morgan fingerprint density at radius 3 is 2.58 bits per heavy atom. The van der Waals surface area contributed by atoms with Gasteiger partial charge < -0.3 is 10.1 Å². The van der Waals surface area contributed by atoms with Crippen LogP contribution < -0.4 is 5.32 Å². The van der Waals surface area contributed by atoms with Crippen molar-refractivity contribution >= 4 is 0 Å². The predicted molar refractivity (Wildman–Crippen MR) is 80.5 cm³/mol. The Labute approximate surface area is 119 Å². The molecule has 2 aliphatic rings. The number of nitrogens with one attached hydrogen (secondary N) is 1. The van der Waals surface area contributed by atoms with E-state index in [0.29, 0.717) is 11.1 Å². The van der Waals surface area contributed by atoms with Crippen LogP contribution in [0.2, 0.25) is 0 Å². The average Bonchev–Trinajstić information content (AvgIpc) is 3.24. The Balaban J connectivity index is 1.95. The molecule has 0 amide bonds. The van der Waals surface area contributed by atoms with E-state index in [4.69, 9.17) is 4.74 Å². The molecule has 0 spiro atoms. The van der Waals surface area contributed by atoms with Gasteiger partial charge in [-0.15, -0.1) is 0 Å². The van der Waals surface area contributed by atoms with E-state index >= 15 is 0 Å². The summed E-state index contributed by atoms with van der Waals surface area (Å²) in [5.41, 5.74) is 0.668. The highest BCUT2D eigenvalue weighted by molar-refractivity contribution is 5.07. The van der Waals surface area contributed by atoms with Crippen molar-refractivity contribution in [2.45, 2.75) is 64.5 Å². The number of nitrogens with zero attached hydrogens (tertiary/aromatic N) is 1. The fourth-order valence-corrected chi connectivity index (χ4v) is 3.34. The highest BCUT2D eigenvalue weighted by atomic mass is 16.5. The summed E-state index contributed by atoms with van der Waals surface area (Å²) in [6.07, 6.45) is 5.21. The molecule has 1 saturated heterocycles. The van der Waals surface area contributed by atoms with Gasteiger partial charge in [-0.05, 0) is 52.4 Å². The summed E-state index contributed by atoms with van der Waals surface area (Å²) < 4.78 is 5.50. The van der Waals surface area contributed by atoms with Gasteiger partial charge in [0, 0.05) is 43.9 Å². The number of hydrogen-bond donors (Lipinski definition) is 1. The van der Waals surface area contributed by atoms with Crippen LogP contribution in [0.3, 0.4) is 0 Å². The molecule has 3 heteroatoms. The van der Waals surface area contributed by atoms with Crippen LogP contribution in [0.5, 0.6) is 0 Å². The number of piperazine rings is 1. The van der Waals surface area contributed by atoms with Gasteiger partial charge in [0.2, 0.25) is 0 Å². The fraction of sp³-hybridized carbons (Fsp3) is 1.00. The van der Waals surface area contributed by atoms with Gasteiger partial charge in [0.05, 0.1) is 0 Å². The molecule has 0 aromatic rings. The first-order chi connectivity index (χ1) is 9.04. The van der Waals surface area contributed by atoms with Crippen molar-refractivity contribution in [3.8, 4) is 0 Å². The van der Waals surface area contributed by atoms with Crippen molar-refractivity contribution in [3.05, 3.63) is 0 Å². The van der Waals surface area contributed by atoms with E-state index in [1.807, 2.05) is 0 Å². The number of rotatable bonds is 7. The second kappa shape index (κ2) is 6.11. The highest BCUT2D eigenvalue weighted by Crippen LogP contribution is 2.45. The molecule has 1 aliphatic carbocycles. The van der Waals surface area contributed by atoms with Gasteiger partial charge in [0.15, 0.2) is 0 Å². The van der Waals surface area contributed by atoms with Crippen molar-refractivity contribution in [2.24, 2.45) is 5.92 Å². The second-order valence-corrected chi connectivity index (χ2v) is 6.87. The van der Waals surface area contributed by atoms with Crippen LogP contribution in [0.4, 0.5) is 0 Å². The van der Waals surface area contributed by atoms with Crippen LogP contribution in [-0.2, 0) is 4.74 Å². The minimum atomic E-state index is 0.292. The van der Waals surface area contributed by atoms with Gasteiger partial charge in [-0.1, -0.05) is 6.92 Å². The Morgan fingerprint density at radius 1 is 1.26 bits per heavy atom. The Morgan fingerprint density at radius 2 is 2.00 bits per heavy atom. The molecular weight excluding hydrogens is 236 g/mol. The second-order valence-electron chi connectivity index (χ2n) is 6.87. The zero-order valence-corrected chi connectivity index (χ0v) is 13.3. The van der Waals surface area contributed by atoms with Gasteiger partial charge in [0.1, 0.15) is 0 Å². The third-order valence-corrected chi connectivity index (χ3v) is 5.29. The zero-order chi connectivity index (χ0) is 13.9. The summed E-state index contributed by atoms with van der Waals surface area (Å²) in [4.78, 5) is 2.75. The quantitative estimate of drug-likeness (QED) is 0.718. The highest BCUT2D eigenvalue weighted by Gasteiger charge is 2.49. The first-order valence-corrected chi connectivity index (χ1v) is 8.12. The molecule has 0 aromatic heterocycles. The molecule has 0 radical (unpaired) electrons. The van der Waals surface area contributed by atoms with E-state index in [-0.39, 0.29) is 0 Å². The van der Waals surface area contributed by atoms with Crippen molar-refractivity contribution in [1.82, 2.24) is 10.2 Å². The summed E-state index contributed by atoms with van der Waals surface area (Å²) in [7, 11) is 0. The molecule has 0 aromatic carbocycles. The van der Waals surface area contributed by atoms with E-state index in [0.717, 1.165) is 32.1 Å². The van der Waals surface area contributed by atoms with E-state index in [2.05, 4.69) is 37.9 Å². The topological polar surface area (TPSA) is 24.5 Å². The van der Waals surface area contributed by atoms with Crippen molar-refractivity contribution in [1.29, 1.82) is 0 Å². The van der Waals surface area contributed by atoms with Crippen LogP contribution in [0.25, 0.3) is 0 Å². The van der Waals surface area contributed by atoms with Crippen molar-refractivity contribution in [3.63, 3.8) is 0 Å². The summed E-state index contributed by atoms with van der Waals surface area (Å²) in [5, 5.41) is 3.82. The fourth-order valence-electron chi connectivity index (χ4n) is 3.34. The maximum Gasteiger partial charge on any atom is 0.0478 e. The first kappa shape index (κ1) is 15.3. The largest absolute Gasteiger partial charge is 0.382 e. The van der Waals surface area contributed by atoms with Crippen molar-refractivity contribution in [2.75, 3.05) is 32.8 Å². The Kier molecular flexibility index (Phi) is 4.91. The van der Waals surface area contributed by atoms with Crippen LogP contribution in [0, 0.1) is 5.92 Å². The molecule has 1 saturated carbocycles. The molecule has 2 unspecified atom stereocenters. The molecule has 112 valence electrons. The molecule has 0 bridgehead atoms. The molecule has 1 aliphatic heterocycles. The summed E-state index contributed by atoms with van der Waals surface area (Å²) in [6, 6.07) is 0. The lowest BCUT2D eigenvalue weighted by atomic mass is 9.84. The molecule has 1 N–H and O–H groups in total. The van der Waals surface area contributed by atoms with Crippen LogP contribution in [-0.4, -0.2) is 48.8 Å². The molecule has 19 heavy (non-hydrogen) atoms. The van der Waals surface area contributed by atoms with Crippen molar-refractivity contribution < 1.29 is 4.74 Å². The molecule has 3 nitrogen and oxygen atoms in total. The lowest BCUT2D eigenvalue weighted by Gasteiger charge is -2.53. The number of hydrogen-bond acceptors (Lipinski definition) is 3. The van der Waals surface area contributed by atoms with E-state index < -0.39 is 0 Å². The summed E-state index contributed by atoms with van der Waals surface area (Å²) in [6.45, 7) is 14.5. The van der Waals surface area contributed by atoms with E-state index in [1.165, 1.54) is 32.4 Å². The third kappa shape index (κ3) is 3.50. The standard InChI is InChI=1S/C16H32N2O/c1-5-15(3)13-18(10-7-11-19-6-2)16(4,12-17-15)14-8-9-14/h14,17H,5-13H2,1-4H3.